The molecule has 1 aromatic rings. The van der Waals surface area contributed by atoms with Crippen LogP contribution >= 0.6 is 0 Å². The lowest BCUT2D eigenvalue weighted by Gasteiger charge is -2.28. The molecule has 1 atom stereocenters. The SMILES string of the molecule is CC(c1ccccc1)N(C)C(=O)CC(C)(C)N. The number of carbonyl (C=O) groups excluding carboxylic acids is 1. The molecule has 1 rings (SSSR count). The van der Waals surface area contributed by atoms with Gasteiger partial charge in [0.05, 0.1) is 6.04 Å². The predicted molar refractivity (Wildman–Crippen MR) is 70.5 cm³/mol. The quantitative estimate of drug-likeness (QED) is 0.869. The zero-order valence-electron chi connectivity index (χ0n) is 11.1. The summed E-state index contributed by atoms with van der Waals surface area (Å²) < 4.78 is 0. The highest BCUT2D eigenvalue weighted by molar-refractivity contribution is 5.77. The van der Waals surface area contributed by atoms with Crippen molar-refractivity contribution in [2.45, 2.75) is 38.8 Å². The number of nitrogens with zero attached hydrogens (tertiary/aromatic N) is 1. The monoisotopic (exact) mass is 234 g/mol. The van der Waals surface area contributed by atoms with Gasteiger partial charge in [-0.25, -0.2) is 0 Å². The van der Waals surface area contributed by atoms with Gasteiger partial charge in [-0.1, -0.05) is 30.3 Å². The molecule has 1 amide bonds. The Labute approximate surface area is 104 Å². The lowest BCUT2D eigenvalue weighted by atomic mass is 10.0. The lowest BCUT2D eigenvalue weighted by molar-refractivity contribution is -0.132. The highest BCUT2D eigenvalue weighted by atomic mass is 16.2. The van der Waals surface area contributed by atoms with Crippen LogP contribution in [0.1, 0.15) is 38.8 Å². The molecule has 2 N–H and O–H groups in total. The third-order valence-corrected chi connectivity index (χ3v) is 2.86. The number of carbonyl (C=O) groups is 1. The van der Waals surface area contributed by atoms with Crippen LogP contribution in [-0.4, -0.2) is 23.4 Å². The van der Waals surface area contributed by atoms with Crippen molar-refractivity contribution in [3.05, 3.63) is 35.9 Å². The second-order valence-electron chi connectivity index (χ2n) is 5.26. The van der Waals surface area contributed by atoms with Crippen LogP contribution in [0.25, 0.3) is 0 Å². The molecule has 0 radical (unpaired) electrons. The smallest absolute Gasteiger partial charge is 0.224 e. The maximum absolute atomic E-state index is 12.0. The molecule has 0 heterocycles. The minimum atomic E-state index is -0.457. The number of hydrogen-bond acceptors (Lipinski definition) is 2. The Kier molecular flexibility index (Phi) is 4.29. The van der Waals surface area contributed by atoms with Gasteiger partial charge in [-0.05, 0) is 26.3 Å². The van der Waals surface area contributed by atoms with Crippen LogP contribution < -0.4 is 5.73 Å². The first kappa shape index (κ1) is 13.7. The summed E-state index contributed by atoms with van der Waals surface area (Å²) in [5.41, 5.74) is 6.55. The molecule has 1 unspecified atom stereocenters. The Bertz CT molecular complexity index is 368. The van der Waals surface area contributed by atoms with Gasteiger partial charge in [0, 0.05) is 19.0 Å². The number of benzene rings is 1. The van der Waals surface area contributed by atoms with Gasteiger partial charge >= 0.3 is 0 Å². The fourth-order valence-corrected chi connectivity index (χ4v) is 1.69. The Morgan fingerprint density at radius 3 is 2.35 bits per heavy atom. The van der Waals surface area contributed by atoms with Crippen molar-refractivity contribution in [2.24, 2.45) is 5.73 Å². The van der Waals surface area contributed by atoms with Crippen molar-refractivity contribution in [3.8, 4) is 0 Å². The van der Waals surface area contributed by atoms with Crippen LogP contribution in [0.2, 0.25) is 0 Å². The fourth-order valence-electron chi connectivity index (χ4n) is 1.69. The number of rotatable bonds is 4. The first-order chi connectivity index (χ1) is 7.81. The molecule has 3 nitrogen and oxygen atoms in total. The third-order valence-electron chi connectivity index (χ3n) is 2.86. The van der Waals surface area contributed by atoms with Crippen molar-refractivity contribution in [1.82, 2.24) is 4.90 Å². The number of amides is 1. The van der Waals surface area contributed by atoms with E-state index in [9.17, 15) is 4.79 Å². The average Bonchev–Trinajstić information content (AvgIpc) is 2.26. The molecule has 0 aliphatic rings. The Morgan fingerprint density at radius 2 is 1.88 bits per heavy atom. The highest BCUT2D eigenvalue weighted by Crippen LogP contribution is 2.20. The molecule has 0 aliphatic carbocycles. The molecule has 94 valence electrons. The van der Waals surface area contributed by atoms with E-state index in [1.54, 1.807) is 4.90 Å². The summed E-state index contributed by atoms with van der Waals surface area (Å²) >= 11 is 0. The zero-order valence-corrected chi connectivity index (χ0v) is 11.1. The first-order valence-electron chi connectivity index (χ1n) is 5.91. The van der Waals surface area contributed by atoms with E-state index in [-0.39, 0.29) is 11.9 Å². The van der Waals surface area contributed by atoms with E-state index in [1.807, 2.05) is 58.2 Å². The fraction of sp³-hybridized carbons (Fsp3) is 0.500. The van der Waals surface area contributed by atoms with Gasteiger partial charge in [0.1, 0.15) is 0 Å². The van der Waals surface area contributed by atoms with Crippen LogP contribution in [0, 0.1) is 0 Å². The molecule has 0 bridgehead atoms. The standard InChI is InChI=1S/C14H22N2O/c1-11(12-8-6-5-7-9-12)16(4)13(17)10-14(2,3)15/h5-9,11H,10,15H2,1-4H3. The van der Waals surface area contributed by atoms with Gasteiger partial charge < -0.3 is 10.6 Å². The minimum Gasteiger partial charge on any atom is -0.339 e. The molecule has 0 fully saturated rings. The largest absolute Gasteiger partial charge is 0.339 e. The molecule has 0 saturated carbocycles. The van der Waals surface area contributed by atoms with Gasteiger partial charge in [0.15, 0.2) is 0 Å². The molecule has 17 heavy (non-hydrogen) atoms. The normalized spacial score (nSPS) is 13.2. The third kappa shape index (κ3) is 4.19. The van der Waals surface area contributed by atoms with Gasteiger partial charge in [-0.3, -0.25) is 4.79 Å². The van der Waals surface area contributed by atoms with E-state index < -0.39 is 5.54 Å². The summed E-state index contributed by atoms with van der Waals surface area (Å²) in [5, 5.41) is 0. The van der Waals surface area contributed by atoms with Gasteiger partial charge in [0.2, 0.25) is 5.91 Å². The van der Waals surface area contributed by atoms with Crippen LogP contribution in [0.5, 0.6) is 0 Å². The second-order valence-corrected chi connectivity index (χ2v) is 5.26. The Morgan fingerprint density at radius 1 is 1.35 bits per heavy atom. The van der Waals surface area contributed by atoms with Crippen LogP contribution in [0.3, 0.4) is 0 Å². The number of hydrogen-bond donors (Lipinski definition) is 1. The zero-order chi connectivity index (χ0) is 13.1. The van der Waals surface area contributed by atoms with Gasteiger partial charge in [-0.15, -0.1) is 0 Å². The van der Waals surface area contributed by atoms with Gasteiger partial charge in [-0.2, -0.15) is 0 Å². The first-order valence-corrected chi connectivity index (χ1v) is 5.91. The van der Waals surface area contributed by atoms with Crippen molar-refractivity contribution in [2.75, 3.05) is 7.05 Å². The molecule has 0 saturated heterocycles. The summed E-state index contributed by atoms with van der Waals surface area (Å²) in [6.07, 6.45) is 0.362. The van der Waals surface area contributed by atoms with E-state index in [1.165, 1.54) is 0 Å². The van der Waals surface area contributed by atoms with Crippen molar-refractivity contribution in [1.29, 1.82) is 0 Å². The Hall–Kier alpha value is -1.35. The molecule has 3 heteroatoms. The summed E-state index contributed by atoms with van der Waals surface area (Å²) in [6.45, 7) is 5.76. The molecular weight excluding hydrogens is 212 g/mol. The van der Waals surface area contributed by atoms with E-state index in [0.29, 0.717) is 6.42 Å². The summed E-state index contributed by atoms with van der Waals surface area (Å²) in [4.78, 5) is 13.8. The van der Waals surface area contributed by atoms with Crippen molar-refractivity contribution < 1.29 is 4.79 Å². The second kappa shape index (κ2) is 5.32. The predicted octanol–water partition coefficient (Wildman–Crippen LogP) is 2.33. The highest BCUT2D eigenvalue weighted by Gasteiger charge is 2.22. The van der Waals surface area contributed by atoms with Crippen LogP contribution in [0.4, 0.5) is 0 Å². The van der Waals surface area contributed by atoms with Crippen LogP contribution in [-0.2, 0) is 4.79 Å². The summed E-state index contributed by atoms with van der Waals surface area (Å²) in [6, 6.07) is 10.1. The molecule has 1 aromatic carbocycles. The summed E-state index contributed by atoms with van der Waals surface area (Å²) in [5.74, 6) is 0.0776. The Balaban J connectivity index is 2.70. The average molecular weight is 234 g/mol. The lowest BCUT2D eigenvalue weighted by Crippen LogP contribution is -2.40. The molecule has 0 spiro atoms. The molecule has 0 aromatic heterocycles. The maximum Gasteiger partial charge on any atom is 0.224 e. The van der Waals surface area contributed by atoms with Crippen LogP contribution in [0.15, 0.2) is 30.3 Å². The van der Waals surface area contributed by atoms with E-state index in [4.69, 9.17) is 5.73 Å². The van der Waals surface area contributed by atoms with Crippen molar-refractivity contribution >= 4 is 5.91 Å². The number of nitrogens with two attached hydrogens (primary N) is 1. The van der Waals surface area contributed by atoms with E-state index >= 15 is 0 Å². The van der Waals surface area contributed by atoms with Crippen molar-refractivity contribution in [3.63, 3.8) is 0 Å². The molecule has 0 aliphatic heterocycles. The van der Waals surface area contributed by atoms with E-state index in [0.717, 1.165) is 5.56 Å². The van der Waals surface area contributed by atoms with E-state index in [2.05, 4.69) is 0 Å². The topological polar surface area (TPSA) is 46.3 Å². The minimum absolute atomic E-state index is 0.0750. The van der Waals surface area contributed by atoms with Gasteiger partial charge in [0.25, 0.3) is 0 Å². The maximum atomic E-state index is 12.0. The molecular formula is C14H22N2O. The summed E-state index contributed by atoms with van der Waals surface area (Å²) in [7, 11) is 1.83.